The first-order valence-electron chi connectivity index (χ1n) is 7.02. The minimum atomic E-state index is -3.76. The molecule has 3 rings (SSSR count). The monoisotopic (exact) mass is 419 g/mol. The quantitative estimate of drug-likeness (QED) is 0.747. The fourth-order valence-electron chi connectivity index (χ4n) is 2.35. The van der Waals surface area contributed by atoms with Crippen LogP contribution in [0.1, 0.15) is 30.9 Å². The third-order valence-electron chi connectivity index (χ3n) is 3.62. The number of sulfonamides is 1. The molecule has 23 heavy (non-hydrogen) atoms. The van der Waals surface area contributed by atoms with Gasteiger partial charge in [0.15, 0.2) is 9.34 Å². The molecule has 0 aliphatic heterocycles. The number of nitrogens with one attached hydrogen (secondary N) is 1. The summed E-state index contributed by atoms with van der Waals surface area (Å²) in [6.07, 6.45) is 4.40. The Kier molecular flexibility index (Phi) is 4.73. The van der Waals surface area contributed by atoms with Crippen LogP contribution in [0, 0.1) is 11.7 Å². The third-order valence-corrected chi connectivity index (χ3v) is 6.41. The molecule has 1 aromatic heterocycles. The largest absolute Gasteiger partial charge is 0.355 e. The van der Waals surface area contributed by atoms with Crippen molar-refractivity contribution in [3.05, 3.63) is 40.2 Å². The second-order valence-corrected chi connectivity index (χ2v) is 9.34. The average Bonchev–Trinajstić information content (AvgIpc) is 3.11. The first-order chi connectivity index (χ1) is 10.8. The van der Waals surface area contributed by atoms with E-state index in [1.807, 2.05) is 6.07 Å². The summed E-state index contributed by atoms with van der Waals surface area (Å²) in [5.41, 5.74) is 0.802. The van der Waals surface area contributed by atoms with Gasteiger partial charge in [-0.15, -0.1) is 0 Å². The number of hydrogen-bond acceptors (Lipinski definition) is 5. The molecule has 1 aliphatic carbocycles. The maximum atomic E-state index is 13.7. The van der Waals surface area contributed by atoms with Crippen LogP contribution in [0.4, 0.5) is 9.52 Å². The van der Waals surface area contributed by atoms with E-state index in [-0.39, 0.29) is 16.1 Å². The summed E-state index contributed by atoms with van der Waals surface area (Å²) in [4.78, 5) is 4.06. The van der Waals surface area contributed by atoms with Gasteiger partial charge in [0.1, 0.15) is 5.82 Å². The van der Waals surface area contributed by atoms with Crippen molar-refractivity contribution in [2.75, 3.05) is 5.32 Å². The molecule has 0 bridgehead atoms. The minimum Gasteiger partial charge on any atom is -0.355 e. The molecule has 1 aromatic carbocycles. The van der Waals surface area contributed by atoms with Gasteiger partial charge in [-0.05, 0) is 36.1 Å². The highest BCUT2D eigenvalue weighted by Gasteiger charge is 2.27. The summed E-state index contributed by atoms with van der Waals surface area (Å²) in [6, 6.07) is 4.62. The van der Waals surface area contributed by atoms with Crippen LogP contribution >= 0.6 is 27.3 Å². The van der Waals surface area contributed by atoms with E-state index in [9.17, 15) is 12.8 Å². The Hall–Kier alpha value is -1.03. The number of aromatic nitrogens is 1. The van der Waals surface area contributed by atoms with Crippen molar-refractivity contribution in [2.45, 2.75) is 29.5 Å². The molecule has 1 unspecified atom stereocenters. The van der Waals surface area contributed by atoms with E-state index in [4.69, 9.17) is 5.14 Å². The molecule has 9 heteroatoms. The van der Waals surface area contributed by atoms with Crippen molar-refractivity contribution in [1.29, 1.82) is 0 Å². The first-order valence-corrected chi connectivity index (χ1v) is 10.2. The Labute approximate surface area is 146 Å². The molecule has 0 spiro atoms. The van der Waals surface area contributed by atoms with Crippen molar-refractivity contribution in [2.24, 2.45) is 11.1 Å². The molecular weight excluding hydrogens is 405 g/mol. The van der Waals surface area contributed by atoms with Crippen LogP contribution in [-0.4, -0.2) is 13.4 Å². The van der Waals surface area contributed by atoms with Gasteiger partial charge in [0.05, 0.1) is 12.2 Å². The molecule has 1 aliphatic rings. The van der Waals surface area contributed by atoms with Crippen LogP contribution < -0.4 is 10.5 Å². The SMILES string of the molecule is NS(=O)(=O)c1cnc(NC(CC2CC2)c2cc(F)cc(Br)c2)s1. The lowest BCUT2D eigenvalue weighted by atomic mass is 10.0. The van der Waals surface area contributed by atoms with E-state index in [0.717, 1.165) is 36.2 Å². The molecule has 3 N–H and O–H groups in total. The van der Waals surface area contributed by atoms with Gasteiger partial charge in [0, 0.05) is 4.47 Å². The lowest BCUT2D eigenvalue weighted by molar-refractivity contribution is 0.599. The standard InChI is InChI=1S/C14H15BrFN3O2S2/c15-10-4-9(5-11(16)6-10)12(3-8-1-2-8)19-14-18-7-13(22-14)23(17,20)21/h4-8,12H,1-3H2,(H,18,19)(H2,17,20,21). The van der Waals surface area contributed by atoms with Crippen molar-refractivity contribution in [3.8, 4) is 0 Å². The fraction of sp³-hybridized carbons (Fsp3) is 0.357. The zero-order valence-electron chi connectivity index (χ0n) is 12.0. The molecule has 1 saturated carbocycles. The highest BCUT2D eigenvalue weighted by Crippen LogP contribution is 2.40. The molecular formula is C14H15BrFN3O2S2. The molecule has 2 aromatic rings. The van der Waals surface area contributed by atoms with Crippen LogP contribution in [0.3, 0.4) is 0 Å². The van der Waals surface area contributed by atoms with Crippen LogP contribution in [0.2, 0.25) is 0 Å². The van der Waals surface area contributed by atoms with Gasteiger partial charge in [-0.25, -0.2) is 22.9 Å². The van der Waals surface area contributed by atoms with Gasteiger partial charge in [-0.3, -0.25) is 0 Å². The predicted molar refractivity (Wildman–Crippen MR) is 91.3 cm³/mol. The number of nitrogens with two attached hydrogens (primary N) is 1. The van der Waals surface area contributed by atoms with E-state index >= 15 is 0 Å². The van der Waals surface area contributed by atoms with Crippen LogP contribution in [0.15, 0.2) is 33.1 Å². The Bertz CT molecular complexity index is 801. The number of hydrogen-bond donors (Lipinski definition) is 2. The first kappa shape index (κ1) is 16.8. The van der Waals surface area contributed by atoms with Gasteiger partial charge in [-0.2, -0.15) is 0 Å². The maximum absolute atomic E-state index is 13.7. The number of halogens is 2. The van der Waals surface area contributed by atoms with Crippen molar-refractivity contribution >= 4 is 42.4 Å². The zero-order valence-corrected chi connectivity index (χ0v) is 15.2. The summed E-state index contributed by atoms with van der Waals surface area (Å²) in [5, 5.41) is 8.77. The van der Waals surface area contributed by atoms with E-state index in [0.29, 0.717) is 15.5 Å². The second-order valence-electron chi connectivity index (χ2n) is 5.61. The fourth-order valence-corrected chi connectivity index (χ4v) is 4.33. The van der Waals surface area contributed by atoms with Crippen LogP contribution in [-0.2, 0) is 10.0 Å². The third kappa shape index (κ3) is 4.50. The Morgan fingerprint density at radius 2 is 2.17 bits per heavy atom. The highest BCUT2D eigenvalue weighted by molar-refractivity contribution is 9.10. The number of benzene rings is 1. The van der Waals surface area contributed by atoms with Crippen molar-refractivity contribution in [1.82, 2.24) is 4.98 Å². The summed E-state index contributed by atoms with van der Waals surface area (Å²) in [6.45, 7) is 0. The van der Waals surface area contributed by atoms with E-state index < -0.39 is 10.0 Å². The average molecular weight is 420 g/mol. The summed E-state index contributed by atoms with van der Waals surface area (Å²) in [5.74, 6) is 0.286. The van der Waals surface area contributed by atoms with Gasteiger partial charge in [-0.1, -0.05) is 40.1 Å². The van der Waals surface area contributed by atoms with Gasteiger partial charge < -0.3 is 5.32 Å². The number of anilines is 1. The normalized spacial score (nSPS) is 16.3. The van der Waals surface area contributed by atoms with Crippen molar-refractivity contribution < 1.29 is 12.8 Å². The summed E-state index contributed by atoms with van der Waals surface area (Å²) in [7, 11) is -3.76. The Morgan fingerprint density at radius 1 is 1.43 bits per heavy atom. The van der Waals surface area contributed by atoms with Gasteiger partial charge in [0.25, 0.3) is 0 Å². The maximum Gasteiger partial charge on any atom is 0.249 e. The second kappa shape index (κ2) is 6.46. The number of rotatable bonds is 6. The van der Waals surface area contributed by atoms with Crippen molar-refractivity contribution in [3.63, 3.8) is 0 Å². The zero-order chi connectivity index (χ0) is 16.6. The van der Waals surface area contributed by atoms with E-state index in [2.05, 4.69) is 26.2 Å². The Balaban J connectivity index is 1.85. The number of nitrogens with zero attached hydrogens (tertiary/aromatic N) is 1. The lowest BCUT2D eigenvalue weighted by Gasteiger charge is -2.19. The molecule has 0 amide bonds. The highest BCUT2D eigenvalue weighted by atomic mass is 79.9. The van der Waals surface area contributed by atoms with E-state index in [1.54, 1.807) is 0 Å². The molecule has 1 fully saturated rings. The van der Waals surface area contributed by atoms with Crippen LogP contribution in [0.25, 0.3) is 0 Å². The van der Waals surface area contributed by atoms with Crippen LogP contribution in [0.5, 0.6) is 0 Å². The number of thiazole rings is 1. The predicted octanol–water partition coefficient (Wildman–Crippen LogP) is 3.65. The molecule has 1 heterocycles. The van der Waals surface area contributed by atoms with Gasteiger partial charge >= 0.3 is 0 Å². The summed E-state index contributed by atoms with van der Waals surface area (Å²) >= 11 is 4.28. The topological polar surface area (TPSA) is 85.1 Å². The van der Waals surface area contributed by atoms with E-state index in [1.165, 1.54) is 18.3 Å². The molecule has 0 saturated heterocycles. The Morgan fingerprint density at radius 3 is 2.74 bits per heavy atom. The lowest BCUT2D eigenvalue weighted by Crippen LogP contribution is -2.12. The minimum absolute atomic E-state index is 0.00518. The summed E-state index contributed by atoms with van der Waals surface area (Å²) < 4.78 is 37.0. The van der Waals surface area contributed by atoms with Gasteiger partial charge in [0.2, 0.25) is 10.0 Å². The molecule has 5 nitrogen and oxygen atoms in total. The molecule has 124 valence electrons. The smallest absolute Gasteiger partial charge is 0.249 e. The molecule has 0 radical (unpaired) electrons. The number of primary sulfonamides is 1. The molecule has 1 atom stereocenters.